The van der Waals surface area contributed by atoms with Crippen LogP contribution in [0, 0.1) is 0 Å². The Bertz CT molecular complexity index is 385. The van der Waals surface area contributed by atoms with Crippen molar-refractivity contribution in [3.8, 4) is 0 Å². The summed E-state index contributed by atoms with van der Waals surface area (Å²) in [6.45, 7) is 7.57. The fraction of sp³-hybridized carbons (Fsp3) is 0.636. The van der Waals surface area contributed by atoms with E-state index in [0.717, 1.165) is 37.3 Å². The van der Waals surface area contributed by atoms with E-state index in [-0.39, 0.29) is 5.91 Å². The number of likely N-dealkylation sites (N-methyl/N-ethyl adjacent to an activating group) is 1. The van der Waals surface area contributed by atoms with Crippen molar-refractivity contribution >= 4 is 5.91 Å². The van der Waals surface area contributed by atoms with E-state index in [1.54, 1.807) is 0 Å². The smallest absolute Gasteiger partial charge is 0.272 e. The number of aromatic nitrogens is 2. The van der Waals surface area contributed by atoms with Gasteiger partial charge in [0, 0.05) is 37.3 Å². The lowest BCUT2D eigenvalue weighted by Gasteiger charge is -2.25. The van der Waals surface area contributed by atoms with Gasteiger partial charge in [0.1, 0.15) is 0 Å². The first-order valence-corrected chi connectivity index (χ1v) is 5.82. The van der Waals surface area contributed by atoms with Crippen LogP contribution in [0.2, 0.25) is 0 Å². The lowest BCUT2D eigenvalue weighted by atomic mass is 10.1. The Hall–Kier alpha value is -1.36. The Balaban J connectivity index is 2.22. The molecule has 0 unspecified atom stereocenters. The van der Waals surface area contributed by atoms with Gasteiger partial charge in [-0.1, -0.05) is 6.92 Å². The van der Waals surface area contributed by atoms with Crippen LogP contribution < -0.4 is 5.32 Å². The van der Waals surface area contributed by atoms with Crippen molar-refractivity contribution in [2.75, 3.05) is 19.6 Å². The molecule has 0 radical (unpaired) electrons. The third kappa shape index (κ3) is 1.95. The van der Waals surface area contributed by atoms with E-state index >= 15 is 0 Å². The highest BCUT2D eigenvalue weighted by Crippen LogP contribution is 2.19. The average Bonchev–Trinajstić information content (AvgIpc) is 2.71. The van der Waals surface area contributed by atoms with E-state index in [9.17, 15) is 4.79 Å². The number of hydrogen-bond acceptors (Lipinski definition) is 3. The number of H-pyrrole nitrogens is 1. The van der Waals surface area contributed by atoms with Gasteiger partial charge in [0.05, 0.1) is 0 Å². The first-order chi connectivity index (χ1) is 7.76. The molecule has 1 aromatic rings. The second-order valence-corrected chi connectivity index (χ2v) is 4.01. The fourth-order valence-corrected chi connectivity index (χ4v) is 2.05. The molecule has 2 heterocycles. The Morgan fingerprint density at radius 2 is 2.38 bits per heavy atom. The summed E-state index contributed by atoms with van der Waals surface area (Å²) >= 11 is 0. The number of hydrogen-bond donors (Lipinski definition) is 2. The zero-order chi connectivity index (χ0) is 11.5. The Morgan fingerprint density at radius 3 is 3.06 bits per heavy atom. The summed E-state index contributed by atoms with van der Waals surface area (Å²) in [6.07, 6.45) is 0.954. The molecule has 88 valence electrons. The molecule has 0 spiro atoms. The summed E-state index contributed by atoms with van der Waals surface area (Å²) in [5.74, 6) is -0.0713. The van der Waals surface area contributed by atoms with Crippen molar-refractivity contribution in [3.63, 3.8) is 0 Å². The molecule has 16 heavy (non-hydrogen) atoms. The lowest BCUT2D eigenvalue weighted by Crippen LogP contribution is -2.32. The van der Waals surface area contributed by atoms with Crippen molar-refractivity contribution in [1.82, 2.24) is 20.4 Å². The topological polar surface area (TPSA) is 61.0 Å². The molecule has 0 aliphatic carbocycles. The maximum Gasteiger partial charge on any atom is 0.272 e. The number of carbonyl (C=O) groups excluding carboxylic acids is 1. The van der Waals surface area contributed by atoms with Crippen LogP contribution in [0.1, 0.15) is 35.6 Å². The molecule has 2 N–H and O–H groups in total. The molecule has 0 fully saturated rings. The van der Waals surface area contributed by atoms with Gasteiger partial charge in [0.2, 0.25) is 0 Å². The highest BCUT2D eigenvalue weighted by atomic mass is 16.1. The second-order valence-electron chi connectivity index (χ2n) is 4.01. The molecule has 1 aromatic heterocycles. The number of fused-ring (bicyclic) bond motifs is 1. The third-order valence-corrected chi connectivity index (χ3v) is 3.01. The van der Waals surface area contributed by atoms with Gasteiger partial charge in [-0.05, 0) is 13.5 Å². The van der Waals surface area contributed by atoms with Crippen LogP contribution in [0.25, 0.3) is 0 Å². The predicted molar refractivity (Wildman–Crippen MR) is 61.2 cm³/mol. The molecule has 1 aliphatic heterocycles. The first-order valence-electron chi connectivity index (χ1n) is 5.82. The van der Waals surface area contributed by atoms with Crippen molar-refractivity contribution in [2.24, 2.45) is 0 Å². The van der Waals surface area contributed by atoms with E-state index in [1.165, 1.54) is 0 Å². The van der Waals surface area contributed by atoms with Gasteiger partial charge in [0.25, 0.3) is 5.91 Å². The van der Waals surface area contributed by atoms with E-state index in [0.29, 0.717) is 12.2 Å². The standard InChI is InChI=1S/C11H18N4O/c1-3-12-11(16)10-8-7-15(4-2)6-5-9(8)13-14-10/h3-7H2,1-2H3,(H,12,16)(H,13,14). The van der Waals surface area contributed by atoms with Crippen LogP contribution in [0.5, 0.6) is 0 Å². The van der Waals surface area contributed by atoms with Crippen molar-refractivity contribution in [1.29, 1.82) is 0 Å². The number of nitrogens with zero attached hydrogens (tertiary/aromatic N) is 2. The minimum atomic E-state index is -0.0713. The zero-order valence-corrected chi connectivity index (χ0v) is 9.84. The molecule has 0 saturated carbocycles. The number of rotatable bonds is 3. The number of nitrogens with one attached hydrogen (secondary N) is 2. The maximum atomic E-state index is 11.8. The quantitative estimate of drug-likeness (QED) is 0.784. The summed E-state index contributed by atoms with van der Waals surface area (Å²) in [4.78, 5) is 14.1. The second kappa shape index (κ2) is 4.65. The van der Waals surface area contributed by atoms with Crippen molar-refractivity contribution in [3.05, 3.63) is 17.0 Å². The van der Waals surface area contributed by atoms with Crippen LogP contribution in [0.3, 0.4) is 0 Å². The molecule has 0 aromatic carbocycles. The lowest BCUT2D eigenvalue weighted by molar-refractivity contribution is 0.0948. The summed E-state index contributed by atoms with van der Waals surface area (Å²) < 4.78 is 0. The summed E-state index contributed by atoms with van der Waals surface area (Å²) in [5.41, 5.74) is 2.75. The predicted octanol–water partition coefficient (Wildman–Crippen LogP) is 0.537. The Labute approximate surface area is 95.2 Å². The van der Waals surface area contributed by atoms with Crippen LogP contribution >= 0.6 is 0 Å². The number of carbonyl (C=O) groups is 1. The van der Waals surface area contributed by atoms with E-state index in [2.05, 4.69) is 27.3 Å². The van der Waals surface area contributed by atoms with E-state index < -0.39 is 0 Å². The molecule has 2 rings (SSSR count). The van der Waals surface area contributed by atoms with Gasteiger partial charge >= 0.3 is 0 Å². The molecule has 0 atom stereocenters. The largest absolute Gasteiger partial charge is 0.351 e. The minimum absolute atomic E-state index is 0.0713. The van der Waals surface area contributed by atoms with Gasteiger partial charge in [0.15, 0.2) is 5.69 Å². The molecular formula is C11H18N4O. The van der Waals surface area contributed by atoms with Gasteiger partial charge in [-0.2, -0.15) is 5.10 Å². The minimum Gasteiger partial charge on any atom is -0.351 e. The Morgan fingerprint density at radius 1 is 1.56 bits per heavy atom. The van der Waals surface area contributed by atoms with E-state index in [4.69, 9.17) is 0 Å². The SMILES string of the molecule is CCNC(=O)c1n[nH]c2c1CN(CC)CC2. The van der Waals surface area contributed by atoms with Crippen molar-refractivity contribution in [2.45, 2.75) is 26.8 Å². The molecule has 0 bridgehead atoms. The number of amides is 1. The molecular weight excluding hydrogens is 204 g/mol. The van der Waals surface area contributed by atoms with Crippen LogP contribution in [0.15, 0.2) is 0 Å². The highest BCUT2D eigenvalue weighted by Gasteiger charge is 2.24. The molecule has 5 heteroatoms. The molecule has 5 nitrogen and oxygen atoms in total. The molecule has 0 saturated heterocycles. The molecule has 1 aliphatic rings. The third-order valence-electron chi connectivity index (χ3n) is 3.01. The van der Waals surface area contributed by atoms with Crippen LogP contribution in [-0.2, 0) is 13.0 Å². The fourth-order valence-electron chi connectivity index (χ4n) is 2.05. The molecule has 1 amide bonds. The van der Waals surface area contributed by atoms with Gasteiger partial charge < -0.3 is 5.32 Å². The summed E-state index contributed by atoms with van der Waals surface area (Å²) in [7, 11) is 0. The van der Waals surface area contributed by atoms with Gasteiger partial charge in [-0.15, -0.1) is 0 Å². The van der Waals surface area contributed by atoms with E-state index in [1.807, 2.05) is 6.92 Å². The van der Waals surface area contributed by atoms with Crippen LogP contribution in [-0.4, -0.2) is 40.6 Å². The first kappa shape index (κ1) is 11.1. The Kier molecular flexibility index (Phi) is 3.24. The monoisotopic (exact) mass is 222 g/mol. The zero-order valence-electron chi connectivity index (χ0n) is 9.84. The van der Waals surface area contributed by atoms with Crippen molar-refractivity contribution < 1.29 is 4.79 Å². The van der Waals surface area contributed by atoms with Gasteiger partial charge in [-0.25, -0.2) is 0 Å². The summed E-state index contributed by atoms with van der Waals surface area (Å²) in [6, 6.07) is 0. The normalized spacial score (nSPS) is 15.9. The average molecular weight is 222 g/mol. The summed E-state index contributed by atoms with van der Waals surface area (Å²) in [5, 5.41) is 9.89. The maximum absolute atomic E-state index is 11.8. The highest BCUT2D eigenvalue weighted by molar-refractivity contribution is 5.93. The van der Waals surface area contributed by atoms with Gasteiger partial charge in [-0.3, -0.25) is 14.8 Å². The van der Waals surface area contributed by atoms with Crippen LogP contribution in [0.4, 0.5) is 0 Å². The number of aromatic amines is 1.